The third-order valence-electron chi connectivity index (χ3n) is 3.21. The minimum absolute atomic E-state index is 0.108. The zero-order chi connectivity index (χ0) is 16.1. The number of anilines is 1. The van der Waals surface area contributed by atoms with Gasteiger partial charge in [-0.15, -0.1) is 11.8 Å². The van der Waals surface area contributed by atoms with Crippen LogP contribution in [-0.4, -0.2) is 21.4 Å². The molecule has 0 aliphatic rings. The largest absolute Gasteiger partial charge is 0.310 e. The van der Waals surface area contributed by atoms with Crippen molar-refractivity contribution in [2.45, 2.75) is 31.2 Å². The quantitative estimate of drug-likeness (QED) is 0.820. The van der Waals surface area contributed by atoms with Crippen LogP contribution in [0.1, 0.15) is 26.3 Å². The van der Waals surface area contributed by atoms with Gasteiger partial charge in [0.25, 0.3) is 0 Å². The van der Waals surface area contributed by atoms with E-state index in [0.717, 1.165) is 30.3 Å². The molecule has 0 radical (unpaired) electrons. The van der Waals surface area contributed by atoms with Crippen molar-refractivity contribution in [3.63, 3.8) is 0 Å². The van der Waals surface area contributed by atoms with E-state index in [1.807, 2.05) is 13.8 Å². The van der Waals surface area contributed by atoms with Gasteiger partial charge in [-0.3, -0.25) is 4.79 Å². The van der Waals surface area contributed by atoms with E-state index in [1.54, 1.807) is 16.9 Å². The van der Waals surface area contributed by atoms with Crippen molar-refractivity contribution >= 4 is 23.5 Å². The van der Waals surface area contributed by atoms with Gasteiger partial charge in [0.05, 0.1) is 18.0 Å². The Morgan fingerprint density at radius 2 is 2.14 bits per heavy atom. The van der Waals surface area contributed by atoms with E-state index in [2.05, 4.69) is 10.4 Å². The molecule has 1 amide bonds. The van der Waals surface area contributed by atoms with Crippen molar-refractivity contribution in [1.29, 1.82) is 0 Å². The Morgan fingerprint density at radius 1 is 1.36 bits per heavy atom. The number of nitrogens with zero attached hydrogens (tertiary/aromatic N) is 2. The van der Waals surface area contributed by atoms with Gasteiger partial charge >= 0.3 is 0 Å². The highest BCUT2D eigenvalue weighted by Gasteiger charge is 2.12. The summed E-state index contributed by atoms with van der Waals surface area (Å²) in [6, 6.07) is 5.49. The second-order valence-corrected chi connectivity index (χ2v) is 5.88. The number of thioether (sulfide) groups is 1. The molecular formula is C15H17F2N3OS. The molecule has 2 aromatic rings. The maximum Gasteiger partial charge on any atom is 0.235 e. The van der Waals surface area contributed by atoms with Crippen molar-refractivity contribution in [3.05, 3.63) is 42.1 Å². The van der Waals surface area contributed by atoms with E-state index in [-0.39, 0.29) is 17.7 Å². The summed E-state index contributed by atoms with van der Waals surface area (Å²) in [6.45, 7) is 4.05. The summed E-state index contributed by atoms with van der Waals surface area (Å²) in [5.41, 5.74) is 0. The van der Waals surface area contributed by atoms with Crippen molar-refractivity contribution in [1.82, 2.24) is 9.78 Å². The molecule has 1 heterocycles. The standard InChI is InChI=1S/C15H17F2N3OS/c1-3-10(2)20-14(6-7-18-20)19-15(21)9-22-11-4-5-12(16)13(17)8-11/h4-8,10H,3,9H2,1-2H3,(H,19,21). The van der Waals surface area contributed by atoms with Gasteiger partial charge in [0.1, 0.15) is 5.82 Å². The summed E-state index contributed by atoms with van der Waals surface area (Å²) in [6.07, 6.45) is 2.53. The summed E-state index contributed by atoms with van der Waals surface area (Å²) in [4.78, 5) is 12.5. The van der Waals surface area contributed by atoms with Crippen molar-refractivity contribution in [3.8, 4) is 0 Å². The summed E-state index contributed by atoms with van der Waals surface area (Å²) in [7, 11) is 0. The Kier molecular flexibility index (Phi) is 5.54. The number of rotatable bonds is 6. The lowest BCUT2D eigenvalue weighted by atomic mass is 10.3. The van der Waals surface area contributed by atoms with Gasteiger partial charge in [0.15, 0.2) is 11.6 Å². The average Bonchev–Trinajstić information content (AvgIpc) is 2.95. The maximum absolute atomic E-state index is 13.1. The molecule has 0 saturated carbocycles. The first-order chi connectivity index (χ1) is 10.5. The van der Waals surface area contributed by atoms with Crippen molar-refractivity contribution in [2.24, 2.45) is 0 Å². The zero-order valence-corrected chi connectivity index (χ0v) is 13.2. The molecule has 4 nitrogen and oxygen atoms in total. The second-order valence-electron chi connectivity index (χ2n) is 4.83. The third-order valence-corrected chi connectivity index (χ3v) is 4.20. The summed E-state index contributed by atoms with van der Waals surface area (Å²) in [5, 5.41) is 6.96. The normalized spacial score (nSPS) is 12.2. The van der Waals surface area contributed by atoms with Crippen LogP contribution in [0.5, 0.6) is 0 Å². The minimum Gasteiger partial charge on any atom is -0.310 e. The van der Waals surface area contributed by atoms with Crippen LogP contribution in [0.2, 0.25) is 0 Å². The van der Waals surface area contributed by atoms with Gasteiger partial charge in [-0.1, -0.05) is 6.92 Å². The number of aromatic nitrogens is 2. The Bertz CT molecular complexity index is 660. The van der Waals surface area contributed by atoms with E-state index in [9.17, 15) is 13.6 Å². The smallest absolute Gasteiger partial charge is 0.235 e. The molecule has 0 spiro atoms. The lowest BCUT2D eigenvalue weighted by molar-refractivity contribution is -0.113. The van der Waals surface area contributed by atoms with Crippen molar-refractivity contribution < 1.29 is 13.6 Å². The molecule has 1 unspecified atom stereocenters. The van der Waals surface area contributed by atoms with E-state index in [1.165, 1.54) is 6.07 Å². The minimum atomic E-state index is -0.916. The third kappa shape index (κ3) is 4.07. The molecule has 0 saturated heterocycles. The molecule has 1 atom stereocenters. The molecule has 1 aromatic carbocycles. The number of hydrogen-bond donors (Lipinski definition) is 1. The molecule has 0 aliphatic carbocycles. The number of amides is 1. The lowest BCUT2D eigenvalue weighted by Crippen LogP contribution is -2.18. The summed E-state index contributed by atoms with van der Waals surface area (Å²) >= 11 is 1.14. The van der Waals surface area contributed by atoms with Crippen LogP contribution in [0.3, 0.4) is 0 Å². The fourth-order valence-electron chi connectivity index (χ4n) is 1.83. The summed E-state index contributed by atoms with van der Waals surface area (Å²) in [5.74, 6) is -1.30. The second kappa shape index (κ2) is 7.40. The highest BCUT2D eigenvalue weighted by Crippen LogP contribution is 2.21. The number of carbonyl (C=O) groups excluding carboxylic acids is 1. The highest BCUT2D eigenvalue weighted by molar-refractivity contribution is 8.00. The molecule has 2 rings (SSSR count). The number of nitrogens with one attached hydrogen (secondary N) is 1. The molecular weight excluding hydrogens is 308 g/mol. The van der Waals surface area contributed by atoms with Crippen molar-refractivity contribution in [2.75, 3.05) is 11.1 Å². The van der Waals surface area contributed by atoms with E-state index >= 15 is 0 Å². The predicted molar refractivity (Wildman–Crippen MR) is 82.9 cm³/mol. The molecule has 0 bridgehead atoms. The molecule has 1 N–H and O–H groups in total. The Balaban J connectivity index is 1.93. The molecule has 22 heavy (non-hydrogen) atoms. The van der Waals surface area contributed by atoms with E-state index < -0.39 is 11.6 Å². The molecule has 0 aliphatic heterocycles. The molecule has 118 valence electrons. The zero-order valence-electron chi connectivity index (χ0n) is 12.3. The predicted octanol–water partition coefficient (Wildman–Crippen LogP) is 3.86. The van der Waals surface area contributed by atoms with Gasteiger partial charge in [-0.25, -0.2) is 13.5 Å². The van der Waals surface area contributed by atoms with Crippen LogP contribution in [-0.2, 0) is 4.79 Å². The number of benzene rings is 1. The van der Waals surface area contributed by atoms with E-state index in [0.29, 0.717) is 10.7 Å². The first kappa shape index (κ1) is 16.5. The van der Waals surface area contributed by atoms with E-state index in [4.69, 9.17) is 0 Å². The number of carbonyl (C=O) groups is 1. The fourth-order valence-corrected chi connectivity index (χ4v) is 2.55. The van der Waals surface area contributed by atoms with Gasteiger partial charge < -0.3 is 5.32 Å². The van der Waals surface area contributed by atoms with Crippen LogP contribution in [0.25, 0.3) is 0 Å². The maximum atomic E-state index is 13.1. The molecule has 0 fully saturated rings. The van der Waals surface area contributed by atoms with Crippen LogP contribution in [0.4, 0.5) is 14.6 Å². The van der Waals surface area contributed by atoms with Gasteiger partial charge in [-0.05, 0) is 31.5 Å². The van der Waals surface area contributed by atoms with Crippen LogP contribution in [0.15, 0.2) is 35.4 Å². The van der Waals surface area contributed by atoms with Crippen LogP contribution < -0.4 is 5.32 Å². The molecule has 7 heteroatoms. The molecule has 1 aromatic heterocycles. The Morgan fingerprint density at radius 3 is 2.82 bits per heavy atom. The monoisotopic (exact) mass is 325 g/mol. The Labute approximate surface area is 131 Å². The van der Waals surface area contributed by atoms with Gasteiger partial charge in [0.2, 0.25) is 5.91 Å². The first-order valence-corrected chi connectivity index (χ1v) is 7.91. The fraction of sp³-hybridized carbons (Fsp3) is 0.333. The first-order valence-electron chi connectivity index (χ1n) is 6.92. The Hall–Kier alpha value is -1.89. The van der Waals surface area contributed by atoms with Crippen LogP contribution in [0, 0.1) is 11.6 Å². The average molecular weight is 325 g/mol. The number of halogens is 2. The highest BCUT2D eigenvalue weighted by atomic mass is 32.2. The topological polar surface area (TPSA) is 46.9 Å². The van der Waals surface area contributed by atoms with Gasteiger partial charge in [-0.2, -0.15) is 5.10 Å². The SMILES string of the molecule is CCC(C)n1nccc1NC(=O)CSc1ccc(F)c(F)c1. The van der Waals surface area contributed by atoms with Gasteiger partial charge in [0, 0.05) is 11.0 Å². The number of hydrogen-bond acceptors (Lipinski definition) is 3. The lowest BCUT2D eigenvalue weighted by Gasteiger charge is -2.14. The summed E-state index contributed by atoms with van der Waals surface area (Å²) < 4.78 is 27.7. The van der Waals surface area contributed by atoms with Crippen LogP contribution >= 0.6 is 11.8 Å².